The number of nitriles is 1. The predicted molar refractivity (Wildman–Crippen MR) is 159 cm³/mol. The number of nitrogens with zero attached hydrogens (tertiary/aromatic N) is 6. The first-order valence-electron chi connectivity index (χ1n) is 14.6. The molecule has 18 heteroatoms. The highest BCUT2D eigenvalue weighted by molar-refractivity contribution is 6.34. The predicted octanol–water partition coefficient (Wildman–Crippen LogP) is 3.39. The number of halogens is 4. The van der Waals surface area contributed by atoms with E-state index >= 15 is 0 Å². The summed E-state index contributed by atoms with van der Waals surface area (Å²) >= 11 is 6.41. The van der Waals surface area contributed by atoms with Gasteiger partial charge >= 0.3 is 12.3 Å². The number of likely N-dealkylation sites (tertiary alicyclic amines) is 1. The van der Waals surface area contributed by atoms with E-state index in [-0.39, 0.29) is 82.7 Å². The number of imidazole rings is 1. The lowest BCUT2D eigenvalue weighted by atomic mass is 9.95. The number of nitrogens with one attached hydrogen (secondary N) is 3. The molecule has 0 bridgehead atoms. The van der Waals surface area contributed by atoms with Crippen molar-refractivity contribution in [2.45, 2.75) is 31.9 Å². The Morgan fingerprint density at radius 1 is 1.06 bits per heavy atom. The summed E-state index contributed by atoms with van der Waals surface area (Å²) < 4.78 is 40.2. The number of alkyl halides is 3. The highest BCUT2D eigenvalue weighted by Gasteiger charge is 2.38. The zero-order valence-electron chi connectivity index (χ0n) is 24.7. The number of benzene rings is 1. The van der Waals surface area contributed by atoms with Crippen LogP contribution in [0.1, 0.15) is 56.5 Å². The summed E-state index contributed by atoms with van der Waals surface area (Å²) in [4.78, 5) is 61.3. The van der Waals surface area contributed by atoms with Crippen molar-refractivity contribution in [3.8, 4) is 6.07 Å². The second-order valence-electron chi connectivity index (χ2n) is 11.1. The van der Waals surface area contributed by atoms with E-state index in [1.54, 1.807) is 15.9 Å². The third-order valence-electron chi connectivity index (χ3n) is 8.14. The summed E-state index contributed by atoms with van der Waals surface area (Å²) in [6, 6.07) is 6.10. The van der Waals surface area contributed by atoms with E-state index in [0.29, 0.717) is 39.0 Å². The van der Waals surface area contributed by atoms with Gasteiger partial charge in [-0.3, -0.25) is 19.5 Å². The van der Waals surface area contributed by atoms with Gasteiger partial charge in [0.25, 0.3) is 11.8 Å². The van der Waals surface area contributed by atoms with Crippen molar-refractivity contribution in [3.63, 3.8) is 0 Å². The fourth-order valence-electron chi connectivity index (χ4n) is 5.64. The SMILES string of the molecule is N#CCc1[nH]nc(C(F)(F)F)c1Cc1cnc(C(=O)Nc2ccc(C(=O)N3CCN(C(=O)C4CCN(C(=O)O)CC4)CC3)c(Cl)c2)[nH]1. The third-order valence-corrected chi connectivity index (χ3v) is 8.45. The quantitative estimate of drug-likeness (QED) is 0.293. The van der Waals surface area contributed by atoms with Crippen LogP contribution in [0.2, 0.25) is 5.02 Å². The number of carboxylic acid groups (broad SMARTS) is 1. The maximum absolute atomic E-state index is 13.4. The second kappa shape index (κ2) is 13.7. The molecule has 0 saturated carbocycles. The van der Waals surface area contributed by atoms with Crippen LogP contribution < -0.4 is 5.32 Å². The van der Waals surface area contributed by atoms with Gasteiger partial charge in [-0.15, -0.1) is 0 Å². The number of piperazine rings is 1. The Kier molecular flexibility index (Phi) is 9.70. The lowest BCUT2D eigenvalue weighted by molar-refractivity contribution is -0.141. The molecule has 0 aliphatic carbocycles. The number of aromatic amines is 2. The molecule has 0 spiro atoms. The van der Waals surface area contributed by atoms with Gasteiger partial charge in [0.1, 0.15) is 0 Å². The molecule has 0 radical (unpaired) electrons. The first kappa shape index (κ1) is 33.3. The lowest BCUT2D eigenvalue weighted by Gasteiger charge is -2.38. The number of hydrogen-bond acceptors (Lipinski definition) is 7. The molecule has 14 nitrogen and oxygen atoms in total. The Bertz CT molecular complexity index is 1720. The maximum atomic E-state index is 13.4. The number of carbonyl (C=O) groups is 4. The Hall–Kier alpha value is -5.11. The fourth-order valence-corrected chi connectivity index (χ4v) is 5.90. The van der Waals surface area contributed by atoms with E-state index in [2.05, 4.69) is 25.5 Å². The summed E-state index contributed by atoms with van der Waals surface area (Å²) in [5, 5.41) is 26.3. The summed E-state index contributed by atoms with van der Waals surface area (Å²) in [7, 11) is 0. The van der Waals surface area contributed by atoms with Gasteiger partial charge in [0.05, 0.1) is 28.8 Å². The van der Waals surface area contributed by atoms with Crippen LogP contribution in [-0.4, -0.2) is 103 Å². The van der Waals surface area contributed by atoms with Crippen molar-refractivity contribution < 1.29 is 37.5 Å². The molecular weight excluding hydrogens is 647 g/mol. The van der Waals surface area contributed by atoms with E-state index in [9.17, 15) is 32.3 Å². The van der Waals surface area contributed by atoms with Crippen LogP contribution in [0.25, 0.3) is 0 Å². The molecule has 248 valence electrons. The van der Waals surface area contributed by atoms with E-state index < -0.39 is 23.9 Å². The number of amides is 4. The molecular formula is C29H29ClF3N9O5. The van der Waals surface area contributed by atoms with Crippen molar-refractivity contribution in [1.29, 1.82) is 5.26 Å². The highest BCUT2D eigenvalue weighted by Crippen LogP contribution is 2.33. The zero-order valence-corrected chi connectivity index (χ0v) is 25.5. The first-order valence-corrected chi connectivity index (χ1v) is 14.9. The molecule has 5 rings (SSSR count). The number of H-pyrrole nitrogens is 2. The Morgan fingerprint density at radius 3 is 2.36 bits per heavy atom. The molecule has 0 unspecified atom stereocenters. The average molecular weight is 676 g/mol. The van der Waals surface area contributed by atoms with Crippen molar-refractivity contribution in [2.24, 2.45) is 5.92 Å². The van der Waals surface area contributed by atoms with Gasteiger partial charge in [0.15, 0.2) is 11.5 Å². The van der Waals surface area contributed by atoms with Gasteiger partial charge in [-0.25, -0.2) is 9.78 Å². The summed E-state index contributed by atoms with van der Waals surface area (Å²) in [6.07, 6.45) is -4.23. The molecule has 4 heterocycles. The molecule has 3 aromatic rings. The first-order chi connectivity index (χ1) is 22.3. The molecule has 0 atom stereocenters. The third kappa shape index (κ3) is 7.49. The largest absolute Gasteiger partial charge is 0.465 e. The van der Waals surface area contributed by atoms with Crippen LogP contribution in [0.5, 0.6) is 0 Å². The van der Waals surface area contributed by atoms with Crippen LogP contribution in [0, 0.1) is 17.2 Å². The number of aromatic nitrogens is 4. The maximum Gasteiger partial charge on any atom is 0.435 e. The Morgan fingerprint density at radius 2 is 1.74 bits per heavy atom. The lowest BCUT2D eigenvalue weighted by Crippen LogP contribution is -2.53. The van der Waals surface area contributed by atoms with Crippen molar-refractivity contribution in [3.05, 3.63) is 63.5 Å². The normalized spacial score (nSPS) is 15.8. The minimum absolute atomic E-state index is 0.00952. The van der Waals surface area contributed by atoms with Crippen molar-refractivity contribution in [1.82, 2.24) is 34.9 Å². The van der Waals surface area contributed by atoms with Crippen molar-refractivity contribution >= 4 is 41.1 Å². The highest BCUT2D eigenvalue weighted by atomic mass is 35.5. The van der Waals surface area contributed by atoms with Gasteiger partial charge in [0.2, 0.25) is 5.91 Å². The average Bonchev–Trinajstić information content (AvgIpc) is 3.68. The topological polar surface area (TPSA) is 191 Å². The van der Waals surface area contributed by atoms with E-state index in [4.69, 9.17) is 22.0 Å². The molecule has 47 heavy (non-hydrogen) atoms. The van der Waals surface area contributed by atoms with E-state index in [0.717, 1.165) is 0 Å². The van der Waals surface area contributed by atoms with Crippen LogP contribution in [0.4, 0.5) is 23.7 Å². The number of carbonyl (C=O) groups excluding carboxylic acids is 3. The Labute approximate surface area is 270 Å². The monoisotopic (exact) mass is 675 g/mol. The minimum Gasteiger partial charge on any atom is -0.465 e. The fraction of sp³-hybridized carbons (Fsp3) is 0.414. The molecule has 4 amide bonds. The van der Waals surface area contributed by atoms with Crippen molar-refractivity contribution in [2.75, 3.05) is 44.6 Å². The molecule has 2 aliphatic rings. The minimum atomic E-state index is -4.75. The molecule has 2 fully saturated rings. The van der Waals surface area contributed by atoms with Crippen LogP contribution in [0.3, 0.4) is 0 Å². The molecule has 2 aromatic heterocycles. The number of piperidine rings is 1. The summed E-state index contributed by atoms with van der Waals surface area (Å²) in [5.74, 6) is -1.53. The standard InChI is InChI=1S/C29H29ClF3N9O5/c30-21-14-17(37-25(43)24-35-15-18(36-24)13-20-22(3-6-34)38-39-23(20)29(31,32)33)1-2-19(21)27(45)41-11-9-40(10-12-41)26(44)16-4-7-42(8-5-16)28(46)47/h1-2,14-16H,3-5,7-13H2,(H,35,36)(H,37,43)(H,38,39)(H,46,47). The number of hydrogen-bond donors (Lipinski definition) is 4. The van der Waals surface area contributed by atoms with Gasteiger partial charge in [-0.2, -0.15) is 23.5 Å². The zero-order chi connectivity index (χ0) is 33.9. The van der Waals surface area contributed by atoms with Crippen LogP contribution in [-0.2, 0) is 23.8 Å². The Balaban J connectivity index is 1.16. The van der Waals surface area contributed by atoms with E-state index in [1.165, 1.54) is 29.3 Å². The van der Waals surface area contributed by atoms with Gasteiger partial charge < -0.3 is 30.1 Å². The summed E-state index contributed by atoms with van der Waals surface area (Å²) in [6.45, 7) is 1.86. The molecule has 1 aromatic carbocycles. The number of rotatable bonds is 7. The smallest absolute Gasteiger partial charge is 0.435 e. The second-order valence-corrected chi connectivity index (χ2v) is 11.5. The van der Waals surface area contributed by atoms with Gasteiger partial charge in [0, 0.05) is 74.7 Å². The van der Waals surface area contributed by atoms with E-state index in [1.807, 2.05) is 0 Å². The van der Waals surface area contributed by atoms with Gasteiger partial charge in [-0.05, 0) is 31.0 Å². The van der Waals surface area contributed by atoms with Crippen LogP contribution >= 0.6 is 11.6 Å². The van der Waals surface area contributed by atoms with Crippen LogP contribution in [0.15, 0.2) is 24.4 Å². The molecule has 2 aliphatic heterocycles. The molecule has 2 saturated heterocycles. The summed E-state index contributed by atoms with van der Waals surface area (Å²) in [5.41, 5.74) is -0.754. The number of anilines is 1. The van der Waals surface area contributed by atoms with Gasteiger partial charge in [-0.1, -0.05) is 11.6 Å². The molecule has 4 N–H and O–H groups in total.